The number of hydrogen-bond donors (Lipinski definition) is 1. The summed E-state index contributed by atoms with van der Waals surface area (Å²) in [5.74, 6) is -2.92. The molecule has 2 aliphatic rings. The van der Waals surface area contributed by atoms with Gasteiger partial charge in [-0.05, 0) is 42.8 Å². The third kappa shape index (κ3) is 4.17. The molecular formula is C24H19ClF3N3O4. The molecule has 11 heteroatoms. The van der Waals surface area contributed by atoms with Gasteiger partial charge in [-0.3, -0.25) is 9.59 Å². The van der Waals surface area contributed by atoms with E-state index in [9.17, 15) is 22.8 Å². The first-order chi connectivity index (χ1) is 16.7. The van der Waals surface area contributed by atoms with E-state index in [-0.39, 0.29) is 35.7 Å². The van der Waals surface area contributed by atoms with Gasteiger partial charge in [0, 0.05) is 11.1 Å². The number of aromatic nitrogens is 2. The van der Waals surface area contributed by atoms with E-state index < -0.39 is 29.5 Å². The Morgan fingerprint density at radius 1 is 1.00 bits per heavy atom. The maximum absolute atomic E-state index is 13.8. The number of carbonyl (C=O) groups excluding carboxylic acids is 2. The first-order valence-corrected chi connectivity index (χ1v) is 11.2. The number of rotatable bonds is 2. The molecule has 1 fully saturated rings. The lowest BCUT2D eigenvalue weighted by molar-refractivity contribution is -0.225. The Hall–Kier alpha value is -3.37. The number of hydrogen-bond acceptors (Lipinski definition) is 6. The van der Waals surface area contributed by atoms with Crippen LogP contribution in [-0.4, -0.2) is 34.8 Å². The van der Waals surface area contributed by atoms with Crippen LogP contribution in [0.15, 0.2) is 48.7 Å². The molecule has 0 radical (unpaired) electrons. The van der Waals surface area contributed by atoms with E-state index in [0.29, 0.717) is 29.8 Å². The van der Waals surface area contributed by atoms with Crippen LogP contribution in [-0.2, 0) is 37.4 Å². The lowest BCUT2D eigenvalue weighted by Crippen LogP contribution is -2.43. The summed E-state index contributed by atoms with van der Waals surface area (Å²) in [6.07, 6.45) is -3.07. The summed E-state index contributed by atoms with van der Waals surface area (Å²) >= 11 is 6.59. The van der Waals surface area contributed by atoms with E-state index in [4.69, 9.17) is 21.1 Å². The van der Waals surface area contributed by atoms with E-state index in [1.807, 2.05) is 0 Å². The first-order valence-electron chi connectivity index (χ1n) is 10.9. The average molecular weight is 506 g/mol. The van der Waals surface area contributed by atoms with Crippen LogP contribution in [0.3, 0.4) is 0 Å². The molecule has 1 N–H and O–H groups in total. The lowest BCUT2D eigenvalue weighted by atomic mass is 9.95. The van der Waals surface area contributed by atoms with Crippen molar-refractivity contribution in [3.63, 3.8) is 0 Å². The molecule has 3 heterocycles. The summed E-state index contributed by atoms with van der Waals surface area (Å²) in [6, 6.07) is 9.80. The molecule has 0 atom stereocenters. The summed E-state index contributed by atoms with van der Waals surface area (Å²) in [7, 11) is 0. The lowest BCUT2D eigenvalue weighted by Gasteiger charge is -2.32. The summed E-state index contributed by atoms with van der Waals surface area (Å²) in [6.45, 7) is 0.425. The van der Waals surface area contributed by atoms with Gasteiger partial charge in [-0.25, -0.2) is 4.68 Å². The van der Waals surface area contributed by atoms with Crippen molar-refractivity contribution in [1.29, 1.82) is 0 Å². The fourth-order valence-corrected chi connectivity index (χ4v) is 4.78. The van der Waals surface area contributed by atoms with Crippen LogP contribution in [0.4, 0.5) is 13.2 Å². The standard InChI is InChI=1S/C24H19ClF3N3O4/c25-18-6-5-16-15(9-11-29-13-23(16)34-20(32)7-8-21(33)35-23)22(18)31-19(10-12-30-31)14-3-1-2-4-17(14)24(26,27)28/h1-6,10,12,29H,7-9,11,13H2. The van der Waals surface area contributed by atoms with Crippen LogP contribution >= 0.6 is 11.6 Å². The van der Waals surface area contributed by atoms with Crippen molar-refractivity contribution in [2.24, 2.45) is 0 Å². The predicted molar refractivity (Wildman–Crippen MR) is 119 cm³/mol. The highest BCUT2D eigenvalue weighted by Gasteiger charge is 2.46. The Morgan fingerprint density at radius 3 is 2.43 bits per heavy atom. The minimum absolute atomic E-state index is 0.0153. The predicted octanol–water partition coefficient (Wildman–Crippen LogP) is 4.39. The molecule has 35 heavy (non-hydrogen) atoms. The number of fused-ring (bicyclic) bond motifs is 2. The summed E-state index contributed by atoms with van der Waals surface area (Å²) in [4.78, 5) is 24.7. The Balaban J connectivity index is 1.73. The van der Waals surface area contributed by atoms with Crippen molar-refractivity contribution >= 4 is 23.5 Å². The molecule has 5 rings (SSSR count). The minimum atomic E-state index is -4.58. The second-order valence-electron chi connectivity index (χ2n) is 8.22. The van der Waals surface area contributed by atoms with Gasteiger partial charge in [-0.1, -0.05) is 29.8 Å². The van der Waals surface area contributed by atoms with Crippen molar-refractivity contribution in [3.05, 3.63) is 70.4 Å². The van der Waals surface area contributed by atoms with Gasteiger partial charge >= 0.3 is 18.1 Å². The zero-order valence-corrected chi connectivity index (χ0v) is 18.9. The first kappa shape index (κ1) is 23.4. The summed E-state index contributed by atoms with van der Waals surface area (Å²) in [5, 5.41) is 7.64. The number of halogens is 4. The second kappa shape index (κ2) is 8.69. The second-order valence-corrected chi connectivity index (χ2v) is 8.63. The van der Waals surface area contributed by atoms with E-state index >= 15 is 0 Å². The average Bonchev–Trinajstić information content (AvgIpc) is 3.15. The molecule has 1 aromatic heterocycles. The molecule has 2 aliphatic heterocycles. The van der Waals surface area contributed by atoms with Crippen molar-refractivity contribution in [3.8, 4) is 16.9 Å². The van der Waals surface area contributed by atoms with Gasteiger partial charge in [0.1, 0.15) is 0 Å². The Morgan fingerprint density at radius 2 is 1.71 bits per heavy atom. The van der Waals surface area contributed by atoms with E-state index in [1.54, 1.807) is 6.07 Å². The van der Waals surface area contributed by atoms with E-state index in [0.717, 1.165) is 6.07 Å². The van der Waals surface area contributed by atoms with Gasteiger partial charge in [-0.15, -0.1) is 0 Å². The molecule has 3 aromatic rings. The monoisotopic (exact) mass is 505 g/mol. The highest BCUT2D eigenvalue weighted by atomic mass is 35.5. The number of benzene rings is 2. The van der Waals surface area contributed by atoms with E-state index in [1.165, 1.54) is 41.2 Å². The highest BCUT2D eigenvalue weighted by Crippen LogP contribution is 2.42. The summed E-state index contributed by atoms with van der Waals surface area (Å²) < 4.78 is 53.9. The molecule has 182 valence electrons. The van der Waals surface area contributed by atoms with Crippen LogP contribution in [0.2, 0.25) is 5.02 Å². The maximum atomic E-state index is 13.8. The minimum Gasteiger partial charge on any atom is -0.416 e. The number of carbonyl (C=O) groups is 2. The fraction of sp³-hybridized carbons (Fsp3) is 0.292. The van der Waals surface area contributed by atoms with Crippen molar-refractivity contribution in [1.82, 2.24) is 15.1 Å². The maximum Gasteiger partial charge on any atom is 0.417 e. The Bertz CT molecular complexity index is 1300. The molecule has 1 saturated heterocycles. The van der Waals surface area contributed by atoms with Crippen LogP contribution in [0.5, 0.6) is 0 Å². The number of alkyl halides is 3. The molecular weight excluding hydrogens is 487 g/mol. The van der Waals surface area contributed by atoms with Crippen molar-refractivity contribution in [2.45, 2.75) is 31.2 Å². The highest BCUT2D eigenvalue weighted by molar-refractivity contribution is 6.32. The Labute approximate surface area is 202 Å². The SMILES string of the molecule is O=C1CCC(=O)OC2(CNCCc3c2ccc(Cl)c3-n2nccc2-c2ccccc2C(F)(F)F)O1. The number of esters is 2. The normalized spacial score (nSPS) is 17.8. The van der Waals surface area contributed by atoms with Gasteiger partial charge in [0.05, 0.1) is 47.6 Å². The zero-order chi connectivity index (χ0) is 24.8. The van der Waals surface area contributed by atoms with Crippen molar-refractivity contribution in [2.75, 3.05) is 13.1 Å². The summed E-state index contributed by atoms with van der Waals surface area (Å²) in [5.41, 5.74) is 0.537. The molecule has 0 saturated carbocycles. The van der Waals surface area contributed by atoms with Crippen LogP contribution < -0.4 is 5.32 Å². The molecule has 0 unspecified atom stereocenters. The third-order valence-electron chi connectivity index (χ3n) is 6.01. The molecule has 7 nitrogen and oxygen atoms in total. The van der Waals surface area contributed by atoms with Crippen molar-refractivity contribution < 1.29 is 32.2 Å². The Kier molecular flexibility index (Phi) is 5.80. The fourth-order valence-electron chi connectivity index (χ4n) is 4.52. The topological polar surface area (TPSA) is 82.5 Å². The van der Waals surface area contributed by atoms with Gasteiger partial charge in [0.25, 0.3) is 5.79 Å². The van der Waals surface area contributed by atoms with Gasteiger partial charge in [-0.2, -0.15) is 18.3 Å². The van der Waals surface area contributed by atoms with Crippen LogP contribution in [0, 0.1) is 0 Å². The van der Waals surface area contributed by atoms with Crippen LogP contribution in [0.1, 0.15) is 29.5 Å². The smallest absolute Gasteiger partial charge is 0.416 e. The van der Waals surface area contributed by atoms with E-state index in [2.05, 4.69) is 10.4 Å². The van der Waals surface area contributed by atoms with Gasteiger partial charge in [0.2, 0.25) is 0 Å². The number of nitrogens with zero attached hydrogens (tertiary/aromatic N) is 2. The molecule has 0 bridgehead atoms. The quantitative estimate of drug-likeness (QED) is 0.520. The molecule has 1 spiro atoms. The number of ether oxygens (including phenoxy) is 2. The van der Waals surface area contributed by atoms with Gasteiger partial charge < -0.3 is 14.8 Å². The molecule has 0 aliphatic carbocycles. The number of nitrogens with one attached hydrogen (secondary N) is 1. The molecule has 2 aromatic carbocycles. The zero-order valence-electron chi connectivity index (χ0n) is 18.2. The third-order valence-corrected chi connectivity index (χ3v) is 6.31. The van der Waals surface area contributed by atoms with Crippen LogP contribution in [0.25, 0.3) is 16.9 Å². The molecule has 0 amide bonds. The van der Waals surface area contributed by atoms with Gasteiger partial charge in [0.15, 0.2) is 0 Å². The largest absolute Gasteiger partial charge is 0.417 e.